The summed E-state index contributed by atoms with van der Waals surface area (Å²) in [5, 5.41) is 0. The molecule has 6 heteroatoms. The number of hydrogen-bond donors (Lipinski definition) is 0. The van der Waals surface area contributed by atoms with Crippen LogP contribution in [-0.4, -0.2) is 42.7 Å². The molecule has 0 heterocycles. The molecule has 0 aliphatic heterocycles. The first kappa shape index (κ1) is 16.8. The predicted octanol–water partition coefficient (Wildman–Crippen LogP) is 2.16. The Hall–Kier alpha value is -1.60. The molecule has 2 rings (SSSR count). The SMILES string of the molecule is COc1ccc(OC)c2c1C(OC)(OC)C=CC2(OC)OC. The van der Waals surface area contributed by atoms with Crippen LogP contribution < -0.4 is 9.47 Å². The minimum atomic E-state index is -1.12. The summed E-state index contributed by atoms with van der Waals surface area (Å²) in [6.07, 6.45) is 3.48. The Labute approximate surface area is 130 Å². The van der Waals surface area contributed by atoms with Crippen molar-refractivity contribution < 1.29 is 28.4 Å². The molecule has 6 nitrogen and oxygen atoms in total. The Balaban J connectivity index is 2.89. The van der Waals surface area contributed by atoms with E-state index in [-0.39, 0.29) is 0 Å². The van der Waals surface area contributed by atoms with Gasteiger partial charge in [-0.15, -0.1) is 0 Å². The summed E-state index contributed by atoms with van der Waals surface area (Å²) in [6.45, 7) is 0. The van der Waals surface area contributed by atoms with Crippen molar-refractivity contribution in [3.05, 3.63) is 35.4 Å². The van der Waals surface area contributed by atoms with E-state index < -0.39 is 11.6 Å². The number of fused-ring (bicyclic) bond motifs is 1. The van der Waals surface area contributed by atoms with E-state index in [1.807, 2.05) is 0 Å². The van der Waals surface area contributed by atoms with Crippen molar-refractivity contribution >= 4 is 0 Å². The largest absolute Gasteiger partial charge is 0.496 e. The summed E-state index contributed by atoms with van der Waals surface area (Å²) in [6, 6.07) is 3.58. The van der Waals surface area contributed by atoms with Gasteiger partial charge in [-0.3, -0.25) is 0 Å². The zero-order valence-corrected chi connectivity index (χ0v) is 13.8. The number of methoxy groups -OCH3 is 6. The van der Waals surface area contributed by atoms with Crippen LogP contribution in [0.25, 0.3) is 0 Å². The fraction of sp³-hybridized carbons (Fsp3) is 0.500. The van der Waals surface area contributed by atoms with E-state index in [0.29, 0.717) is 22.6 Å². The second-order valence-electron chi connectivity index (χ2n) is 4.70. The van der Waals surface area contributed by atoms with Crippen molar-refractivity contribution in [2.75, 3.05) is 42.7 Å². The molecule has 0 fully saturated rings. The van der Waals surface area contributed by atoms with Crippen molar-refractivity contribution in [2.24, 2.45) is 0 Å². The minimum absolute atomic E-state index is 0.585. The summed E-state index contributed by atoms with van der Waals surface area (Å²) in [5.74, 6) is -1.06. The first-order valence-corrected chi connectivity index (χ1v) is 6.75. The Kier molecular flexibility index (Phi) is 4.77. The van der Waals surface area contributed by atoms with Crippen molar-refractivity contribution in [3.8, 4) is 11.5 Å². The molecule has 1 aromatic carbocycles. The summed E-state index contributed by atoms with van der Waals surface area (Å²) < 4.78 is 33.5. The van der Waals surface area contributed by atoms with Crippen LogP contribution in [0.3, 0.4) is 0 Å². The van der Waals surface area contributed by atoms with Crippen molar-refractivity contribution in [1.29, 1.82) is 0 Å². The Bertz CT molecular complexity index is 509. The normalized spacial score (nSPS) is 17.9. The monoisotopic (exact) mass is 310 g/mol. The van der Waals surface area contributed by atoms with Gasteiger partial charge in [0.25, 0.3) is 0 Å². The lowest BCUT2D eigenvalue weighted by molar-refractivity contribution is -0.211. The van der Waals surface area contributed by atoms with Gasteiger partial charge in [0.05, 0.1) is 25.3 Å². The molecule has 1 aliphatic carbocycles. The maximum atomic E-state index is 5.62. The van der Waals surface area contributed by atoms with E-state index in [1.165, 1.54) is 0 Å². The number of benzene rings is 1. The molecule has 0 saturated heterocycles. The van der Waals surface area contributed by atoms with Crippen LogP contribution in [0.5, 0.6) is 11.5 Å². The molecule has 0 aromatic heterocycles. The molecule has 0 bridgehead atoms. The van der Waals surface area contributed by atoms with Gasteiger partial charge in [-0.2, -0.15) is 0 Å². The lowest BCUT2D eigenvalue weighted by Gasteiger charge is -2.41. The molecule has 0 unspecified atom stereocenters. The van der Waals surface area contributed by atoms with E-state index in [9.17, 15) is 0 Å². The van der Waals surface area contributed by atoms with Gasteiger partial charge in [0.2, 0.25) is 11.6 Å². The van der Waals surface area contributed by atoms with Crippen LogP contribution >= 0.6 is 0 Å². The third-order valence-corrected chi connectivity index (χ3v) is 4.00. The van der Waals surface area contributed by atoms with Crippen LogP contribution in [0, 0.1) is 0 Å². The summed E-state index contributed by atoms with van der Waals surface area (Å²) in [4.78, 5) is 0. The molecule has 0 amide bonds. The fourth-order valence-corrected chi connectivity index (χ4v) is 2.83. The van der Waals surface area contributed by atoms with Gasteiger partial charge in [-0.05, 0) is 24.3 Å². The first-order valence-electron chi connectivity index (χ1n) is 6.75. The Morgan fingerprint density at radius 1 is 0.591 bits per heavy atom. The molecule has 22 heavy (non-hydrogen) atoms. The first-order chi connectivity index (χ1) is 10.6. The highest BCUT2D eigenvalue weighted by molar-refractivity contribution is 5.58. The van der Waals surface area contributed by atoms with E-state index in [0.717, 1.165) is 0 Å². The molecule has 1 aliphatic rings. The number of ether oxygens (including phenoxy) is 6. The number of hydrogen-bond acceptors (Lipinski definition) is 6. The van der Waals surface area contributed by atoms with Gasteiger partial charge in [0.1, 0.15) is 11.5 Å². The van der Waals surface area contributed by atoms with Gasteiger partial charge >= 0.3 is 0 Å². The highest BCUT2D eigenvalue weighted by Crippen LogP contribution is 2.50. The van der Waals surface area contributed by atoms with Crippen LogP contribution in [0.1, 0.15) is 11.1 Å². The minimum Gasteiger partial charge on any atom is -0.496 e. The predicted molar refractivity (Wildman–Crippen MR) is 80.1 cm³/mol. The molecule has 0 radical (unpaired) electrons. The quantitative estimate of drug-likeness (QED) is 0.593. The van der Waals surface area contributed by atoms with Gasteiger partial charge in [0.15, 0.2) is 0 Å². The van der Waals surface area contributed by atoms with Crippen LogP contribution in [-0.2, 0) is 30.5 Å². The van der Waals surface area contributed by atoms with Crippen LogP contribution in [0.2, 0.25) is 0 Å². The molecule has 0 atom stereocenters. The Morgan fingerprint density at radius 2 is 0.909 bits per heavy atom. The van der Waals surface area contributed by atoms with Crippen molar-refractivity contribution in [1.82, 2.24) is 0 Å². The van der Waals surface area contributed by atoms with Crippen LogP contribution in [0.4, 0.5) is 0 Å². The molecule has 0 N–H and O–H groups in total. The molecular formula is C16H22O6. The fourth-order valence-electron chi connectivity index (χ4n) is 2.83. The van der Waals surface area contributed by atoms with Gasteiger partial charge in [0, 0.05) is 28.4 Å². The highest BCUT2D eigenvalue weighted by atomic mass is 16.7. The molecule has 0 spiro atoms. The Morgan fingerprint density at radius 3 is 1.14 bits per heavy atom. The molecule has 1 aromatic rings. The third-order valence-electron chi connectivity index (χ3n) is 4.00. The van der Waals surface area contributed by atoms with Gasteiger partial charge in [-0.1, -0.05) is 0 Å². The second kappa shape index (κ2) is 6.26. The maximum Gasteiger partial charge on any atom is 0.219 e. The van der Waals surface area contributed by atoms with Crippen molar-refractivity contribution in [2.45, 2.75) is 11.6 Å². The topological polar surface area (TPSA) is 55.4 Å². The lowest BCUT2D eigenvalue weighted by atomic mass is 9.85. The van der Waals surface area contributed by atoms with Crippen LogP contribution in [0.15, 0.2) is 24.3 Å². The van der Waals surface area contributed by atoms with Crippen molar-refractivity contribution in [3.63, 3.8) is 0 Å². The lowest BCUT2D eigenvalue weighted by Crippen LogP contribution is -2.41. The van der Waals surface area contributed by atoms with Gasteiger partial charge < -0.3 is 28.4 Å². The van der Waals surface area contributed by atoms with E-state index in [4.69, 9.17) is 28.4 Å². The highest BCUT2D eigenvalue weighted by Gasteiger charge is 2.48. The van der Waals surface area contributed by atoms with E-state index >= 15 is 0 Å². The standard InChI is InChI=1S/C16H22O6/c1-17-11-7-8-12(18-2)14-13(11)15(19-3,20-4)9-10-16(14,21-5)22-6/h7-10H,1-6H3. The smallest absolute Gasteiger partial charge is 0.219 e. The molecular weight excluding hydrogens is 288 g/mol. The third kappa shape index (κ3) is 2.19. The number of rotatable bonds is 6. The summed E-state index contributed by atoms with van der Waals surface area (Å²) >= 11 is 0. The maximum absolute atomic E-state index is 5.62. The zero-order valence-electron chi connectivity index (χ0n) is 13.8. The van der Waals surface area contributed by atoms with Gasteiger partial charge in [-0.25, -0.2) is 0 Å². The van der Waals surface area contributed by atoms with E-state index in [1.54, 1.807) is 66.9 Å². The summed E-state index contributed by atoms with van der Waals surface area (Å²) in [5.41, 5.74) is 1.29. The van der Waals surface area contributed by atoms with E-state index in [2.05, 4.69) is 0 Å². The average molecular weight is 310 g/mol. The second-order valence-corrected chi connectivity index (χ2v) is 4.70. The summed E-state index contributed by atoms with van der Waals surface area (Å²) in [7, 11) is 9.40. The molecule has 0 saturated carbocycles. The zero-order chi connectivity index (χ0) is 16.4. The molecule has 122 valence electrons. The average Bonchev–Trinajstić information content (AvgIpc) is 2.60.